The van der Waals surface area contributed by atoms with E-state index in [9.17, 15) is 9.59 Å². The fourth-order valence-corrected chi connectivity index (χ4v) is 3.10. The first-order chi connectivity index (χ1) is 16.1. The van der Waals surface area contributed by atoms with Crippen molar-refractivity contribution in [3.05, 3.63) is 101 Å². The quantitative estimate of drug-likeness (QED) is 0.236. The molecule has 3 aromatic rings. The van der Waals surface area contributed by atoms with Gasteiger partial charge in [0.25, 0.3) is 11.8 Å². The molecule has 3 aromatic carbocycles. The molecule has 0 fully saturated rings. The Kier molecular flexibility index (Phi) is 10.3. The Bertz CT molecular complexity index is 1140. The van der Waals surface area contributed by atoms with Crippen molar-refractivity contribution < 1.29 is 19.5 Å². The molecule has 4 N–H and O–H groups in total. The zero-order chi connectivity index (χ0) is 23.5. The summed E-state index contributed by atoms with van der Waals surface area (Å²) in [5.74, 6) is 5.66. The number of carbonyl (C=O) groups is 2. The Hall–Kier alpha value is -4.12. The fourth-order valence-electron chi connectivity index (χ4n) is 3.10. The number of benzene rings is 3. The molecule has 3 rings (SSSR count). The molecule has 0 aliphatic heterocycles. The minimum absolute atomic E-state index is 0. The number of hydrogen-bond donors (Lipinski definition) is 4. The monoisotopic (exact) mass is 459 g/mol. The molecule has 0 saturated carbocycles. The lowest BCUT2D eigenvalue weighted by Crippen LogP contribution is -2.51. The molecule has 7 heteroatoms. The maximum Gasteiger partial charge on any atom is 0.267 e. The molecular weight excluding hydrogens is 430 g/mol. The lowest BCUT2D eigenvalue weighted by Gasteiger charge is -2.18. The number of hydroxylamine groups is 1. The normalized spacial score (nSPS) is 10.6. The molecule has 0 unspecified atom stereocenters. The van der Waals surface area contributed by atoms with Gasteiger partial charge in [-0.1, -0.05) is 55.7 Å². The van der Waals surface area contributed by atoms with E-state index in [0.29, 0.717) is 17.9 Å². The lowest BCUT2D eigenvalue weighted by molar-refractivity contribution is -0.131. The highest BCUT2D eigenvalue weighted by Gasteiger charge is 2.21. The van der Waals surface area contributed by atoms with Crippen LogP contribution in [0.4, 0.5) is 0 Å². The molecule has 0 heterocycles. The number of para-hydroxylation sites is 1. The summed E-state index contributed by atoms with van der Waals surface area (Å²) in [5, 5.41) is 14.8. The van der Waals surface area contributed by atoms with E-state index in [4.69, 9.17) is 9.94 Å². The Morgan fingerprint density at radius 1 is 0.912 bits per heavy atom. The van der Waals surface area contributed by atoms with Crippen LogP contribution in [0.5, 0.6) is 5.75 Å². The molecule has 0 bridgehead atoms. The molecule has 0 saturated heterocycles. The van der Waals surface area contributed by atoms with Crippen molar-refractivity contribution in [1.82, 2.24) is 16.1 Å². The largest absolute Gasteiger partial charge is 0.496 e. The maximum atomic E-state index is 12.6. The Labute approximate surface area is 200 Å². The minimum atomic E-state index is -0.977. The summed E-state index contributed by atoms with van der Waals surface area (Å²) >= 11 is 0. The van der Waals surface area contributed by atoms with Crippen molar-refractivity contribution in [3.8, 4) is 17.6 Å². The summed E-state index contributed by atoms with van der Waals surface area (Å²) in [4.78, 5) is 24.7. The van der Waals surface area contributed by atoms with Crippen LogP contribution in [0.1, 0.15) is 34.5 Å². The second-order valence-corrected chi connectivity index (χ2v) is 7.14. The zero-order valence-corrected chi connectivity index (χ0v) is 18.2. The summed E-state index contributed by atoms with van der Waals surface area (Å²) in [7, 11) is 1.58. The summed E-state index contributed by atoms with van der Waals surface area (Å²) in [6.45, 7) is 0.528. The van der Waals surface area contributed by atoms with E-state index in [0.717, 1.165) is 16.7 Å². The maximum absolute atomic E-state index is 12.6. The van der Waals surface area contributed by atoms with Crippen molar-refractivity contribution in [2.24, 2.45) is 0 Å². The van der Waals surface area contributed by atoms with Gasteiger partial charge in [-0.3, -0.25) is 14.8 Å². The Balaban J connectivity index is 0.00000408. The molecular formula is C27H29N3O4. The minimum Gasteiger partial charge on any atom is -0.496 e. The van der Waals surface area contributed by atoms with E-state index in [-0.39, 0.29) is 14.0 Å². The van der Waals surface area contributed by atoms with E-state index in [2.05, 4.69) is 22.5 Å². The summed E-state index contributed by atoms with van der Waals surface area (Å²) in [5.41, 5.74) is 4.54. The number of ether oxygens (including phenoxy) is 1. The van der Waals surface area contributed by atoms with Crippen molar-refractivity contribution in [1.29, 1.82) is 0 Å². The van der Waals surface area contributed by atoms with E-state index >= 15 is 0 Å². The third-order valence-corrected chi connectivity index (χ3v) is 4.86. The topological polar surface area (TPSA) is 99.7 Å². The third-order valence-electron chi connectivity index (χ3n) is 4.86. The van der Waals surface area contributed by atoms with Crippen molar-refractivity contribution in [2.45, 2.75) is 20.0 Å². The van der Waals surface area contributed by atoms with E-state index in [1.54, 1.807) is 36.9 Å². The highest BCUT2D eigenvalue weighted by atomic mass is 16.5. The second-order valence-electron chi connectivity index (χ2n) is 7.14. The summed E-state index contributed by atoms with van der Waals surface area (Å²) in [6.07, 6.45) is 0. The smallest absolute Gasteiger partial charge is 0.267 e. The molecule has 0 radical (unpaired) electrons. The van der Waals surface area contributed by atoms with Gasteiger partial charge in [-0.05, 0) is 42.5 Å². The summed E-state index contributed by atoms with van der Waals surface area (Å²) < 4.78 is 5.31. The predicted molar refractivity (Wildman–Crippen MR) is 131 cm³/mol. The molecule has 1 atom stereocenters. The zero-order valence-electron chi connectivity index (χ0n) is 18.2. The number of carbonyl (C=O) groups excluding carboxylic acids is 2. The Morgan fingerprint density at radius 3 is 2.18 bits per heavy atom. The van der Waals surface area contributed by atoms with Gasteiger partial charge < -0.3 is 15.4 Å². The van der Waals surface area contributed by atoms with Gasteiger partial charge in [0.05, 0.1) is 7.11 Å². The molecule has 0 aromatic heterocycles. The van der Waals surface area contributed by atoms with Crippen LogP contribution in [-0.4, -0.2) is 36.7 Å². The highest BCUT2D eigenvalue weighted by Crippen LogP contribution is 2.16. The molecule has 2 amide bonds. The Morgan fingerprint density at radius 2 is 1.53 bits per heavy atom. The van der Waals surface area contributed by atoms with Gasteiger partial charge in [0.15, 0.2) is 0 Å². The van der Waals surface area contributed by atoms with Gasteiger partial charge in [0, 0.05) is 35.3 Å². The summed E-state index contributed by atoms with van der Waals surface area (Å²) in [6, 6.07) is 22.9. The van der Waals surface area contributed by atoms with Gasteiger partial charge in [-0.15, -0.1) is 0 Å². The first-order valence-corrected chi connectivity index (χ1v) is 10.3. The predicted octanol–water partition coefficient (Wildman–Crippen LogP) is 3.12. The van der Waals surface area contributed by atoms with Crippen LogP contribution >= 0.6 is 0 Å². The van der Waals surface area contributed by atoms with Gasteiger partial charge >= 0.3 is 0 Å². The fraction of sp³-hybridized carbons (Fsp3) is 0.185. The van der Waals surface area contributed by atoms with Gasteiger partial charge in [-0.25, -0.2) is 5.48 Å². The van der Waals surface area contributed by atoms with E-state index < -0.39 is 17.9 Å². The SMILES string of the molecule is C.COc1ccccc1CNC[C@H](NC(=O)c1ccc(C#Cc2ccccc2)cc1)C(=O)NO. The van der Waals surface area contributed by atoms with Crippen LogP contribution in [0.15, 0.2) is 78.9 Å². The van der Waals surface area contributed by atoms with Crippen molar-refractivity contribution in [3.63, 3.8) is 0 Å². The third kappa shape index (κ3) is 7.48. The molecule has 7 nitrogen and oxygen atoms in total. The van der Waals surface area contributed by atoms with Gasteiger partial charge in [0.2, 0.25) is 0 Å². The van der Waals surface area contributed by atoms with E-state index in [1.165, 1.54) is 0 Å². The molecule has 34 heavy (non-hydrogen) atoms. The molecule has 0 spiro atoms. The van der Waals surface area contributed by atoms with Crippen molar-refractivity contribution >= 4 is 11.8 Å². The standard InChI is InChI=1S/C26H25N3O4.CH4/c1-33-24-10-6-5-9-22(24)17-27-18-23(26(31)29-32)28-25(30)21-15-13-20(14-16-21)12-11-19-7-3-2-4-8-19;/h2-10,13-16,23,27,32H,17-18H2,1H3,(H,28,30)(H,29,31);1H4/t23-;/m0./s1. The van der Waals surface area contributed by atoms with Crippen LogP contribution in [0.3, 0.4) is 0 Å². The lowest BCUT2D eigenvalue weighted by atomic mass is 10.1. The average molecular weight is 460 g/mol. The van der Waals surface area contributed by atoms with Crippen LogP contribution in [0, 0.1) is 11.8 Å². The highest BCUT2D eigenvalue weighted by molar-refractivity contribution is 5.97. The number of rotatable bonds is 8. The van der Waals surface area contributed by atoms with Crippen LogP contribution in [-0.2, 0) is 11.3 Å². The van der Waals surface area contributed by atoms with Crippen LogP contribution in [0.2, 0.25) is 0 Å². The molecule has 176 valence electrons. The van der Waals surface area contributed by atoms with Crippen LogP contribution in [0.25, 0.3) is 0 Å². The molecule has 0 aliphatic rings. The number of hydrogen-bond acceptors (Lipinski definition) is 5. The first-order valence-electron chi connectivity index (χ1n) is 10.3. The number of methoxy groups -OCH3 is 1. The average Bonchev–Trinajstić information content (AvgIpc) is 2.87. The van der Waals surface area contributed by atoms with Gasteiger partial charge in [0.1, 0.15) is 11.8 Å². The van der Waals surface area contributed by atoms with Crippen LogP contribution < -0.4 is 20.9 Å². The van der Waals surface area contributed by atoms with Crippen molar-refractivity contribution in [2.75, 3.05) is 13.7 Å². The first kappa shape index (κ1) is 26.1. The number of amides is 2. The number of nitrogens with one attached hydrogen (secondary N) is 3. The molecule has 0 aliphatic carbocycles. The van der Waals surface area contributed by atoms with Gasteiger partial charge in [-0.2, -0.15) is 0 Å². The second kappa shape index (κ2) is 13.4. The van der Waals surface area contributed by atoms with E-state index in [1.807, 2.05) is 54.6 Å².